The van der Waals surface area contributed by atoms with Gasteiger partial charge in [0.15, 0.2) is 0 Å². The lowest BCUT2D eigenvalue weighted by atomic mass is 10.2. The van der Waals surface area contributed by atoms with E-state index in [0.717, 1.165) is 6.20 Å². The SMILES string of the molecule is CC(C)(C)OC(=O)Nc1cnc(C(F)(F)F)cc1Cl. The molecule has 1 aromatic rings. The van der Waals surface area contributed by atoms with Crippen molar-refractivity contribution in [2.24, 2.45) is 0 Å². The third kappa shape index (κ3) is 4.94. The Morgan fingerprint density at radius 1 is 1.37 bits per heavy atom. The highest BCUT2D eigenvalue weighted by molar-refractivity contribution is 6.33. The van der Waals surface area contributed by atoms with Crippen LogP contribution in [0.15, 0.2) is 12.3 Å². The van der Waals surface area contributed by atoms with Gasteiger partial charge in [-0.3, -0.25) is 5.32 Å². The van der Waals surface area contributed by atoms with Gasteiger partial charge in [0.2, 0.25) is 0 Å². The van der Waals surface area contributed by atoms with Crippen LogP contribution in [0.2, 0.25) is 5.02 Å². The largest absolute Gasteiger partial charge is 0.444 e. The van der Waals surface area contributed by atoms with Gasteiger partial charge in [0.1, 0.15) is 11.3 Å². The van der Waals surface area contributed by atoms with Gasteiger partial charge in [0, 0.05) is 0 Å². The van der Waals surface area contributed by atoms with Gasteiger partial charge < -0.3 is 4.74 Å². The van der Waals surface area contributed by atoms with E-state index in [4.69, 9.17) is 16.3 Å². The van der Waals surface area contributed by atoms with E-state index < -0.39 is 23.6 Å². The van der Waals surface area contributed by atoms with E-state index in [2.05, 4.69) is 10.3 Å². The molecule has 1 heterocycles. The molecule has 0 bridgehead atoms. The number of amides is 1. The first-order chi connectivity index (χ1) is 8.49. The summed E-state index contributed by atoms with van der Waals surface area (Å²) in [6.45, 7) is 4.96. The molecule has 1 aromatic heterocycles. The number of nitrogens with one attached hydrogen (secondary N) is 1. The van der Waals surface area contributed by atoms with E-state index in [9.17, 15) is 18.0 Å². The summed E-state index contributed by atoms with van der Waals surface area (Å²) in [6, 6.07) is 0.633. The number of nitrogens with zero attached hydrogens (tertiary/aromatic N) is 1. The van der Waals surface area contributed by atoms with Crippen LogP contribution in [-0.4, -0.2) is 16.7 Å². The van der Waals surface area contributed by atoms with Crippen LogP contribution in [0.4, 0.5) is 23.7 Å². The highest BCUT2D eigenvalue weighted by Crippen LogP contribution is 2.31. The normalized spacial score (nSPS) is 12.2. The number of carbonyl (C=O) groups excluding carboxylic acids is 1. The van der Waals surface area contributed by atoms with Gasteiger partial charge >= 0.3 is 12.3 Å². The van der Waals surface area contributed by atoms with E-state index >= 15 is 0 Å². The average Bonchev–Trinajstić information content (AvgIpc) is 2.16. The zero-order chi connectivity index (χ0) is 14.8. The van der Waals surface area contributed by atoms with Crippen molar-refractivity contribution >= 4 is 23.4 Å². The van der Waals surface area contributed by atoms with Crippen molar-refractivity contribution in [3.05, 3.63) is 23.0 Å². The topological polar surface area (TPSA) is 51.2 Å². The number of pyridine rings is 1. The van der Waals surface area contributed by atoms with Crippen LogP contribution in [0.25, 0.3) is 0 Å². The summed E-state index contributed by atoms with van der Waals surface area (Å²) in [5, 5.41) is 1.95. The van der Waals surface area contributed by atoms with Crippen molar-refractivity contribution in [2.45, 2.75) is 32.5 Å². The van der Waals surface area contributed by atoms with Crippen LogP contribution in [0, 0.1) is 0 Å². The third-order valence-corrected chi connectivity index (χ3v) is 2.09. The first kappa shape index (κ1) is 15.6. The zero-order valence-corrected chi connectivity index (χ0v) is 11.2. The summed E-state index contributed by atoms with van der Waals surface area (Å²) < 4.78 is 42.0. The maximum Gasteiger partial charge on any atom is 0.433 e. The van der Waals surface area contributed by atoms with Crippen LogP contribution < -0.4 is 5.32 Å². The molecule has 1 N–H and O–H groups in total. The van der Waals surface area contributed by atoms with Crippen molar-refractivity contribution in [3.8, 4) is 0 Å². The second-order valence-electron chi connectivity index (χ2n) is 4.67. The molecule has 1 amide bonds. The number of ether oxygens (including phenoxy) is 1. The summed E-state index contributed by atoms with van der Waals surface area (Å²) in [5.41, 5.74) is -1.91. The van der Waals surface area contributed by atoms with Crippen LogP contribution in [0.3, 0.4) is 0 Å². The molecule has 0 atom stereocenters. The Morgan fingerprint density at radius 3 is 2.37 bits per heavy atom. The Kier molecular flexibility index (Phi) is 4.29. The number of halogens is 4. The minimum Gasteiger partial charge on any atom is -0.444 e. The average molecular weight is 297 g/mol. The minimum absolute atomic E-state index is 0.0519. The molecule has 0 fully saturated rings. The molecule has 1 rings (SSSR count). The summed E-state index contributed by atoms with van der Waals surface area (Å²) >= 11 is 5.64. The summed E-state index contributed by atoms with van der Waals surface area (Å²) in [4.78, 5) is 14.6. The molecule has 0 aromatic carbocycles. The fraction of sp³-hybridized carbons (Fsp3) is 0.455. The molecule has 0 spiro atoms. The molecule has 0 aliphatic carbocycles. The van der Waals surface area contributed by atoms with Crippen LogP contribution in [0.5, 0.6) is 0 Å². The smallest absolute Gasteiger partial charge is 0.433 e. The first-order valence-electron chi connectivity index (χ1n) is 5.22. The van der Waals surface area contributed by atoms with E-state index in [-0.39, 0.29) is 10.7 Å². The van der Waals surface area contributed by atoms with Gasteiger partial charge in [-0.1, -0.05) is 11.6 Å². The number of anilines is 1. The van der Waals surface area contributed by atoms with Crippen molar-refractivity contribution in [3.63, 3.8) is 0 Å². The van der Waals surface area contributed by atoms with Crippen LogP contribution in [0.1, 0.15) is 26.5 Å². The van der Waals surface area contributed by atoms with Crippen LogP contribution in [-0.2, 0) is 10.9 Å². The molecule has 0 aliphatic rings. The summed E-state index contributed by atoms with van der Waals surface area (Å²) in [7, 11) is 0. The van der Waals surface area contributed by atoms with Gasteiger partial charge in [-0.25, -0.2) is 9.78 Å². The quantitative estimate of drug-likeness (QED) is 0.849. The maximum atomic E-state index is 12.4. The second kappa shape index (κ2) is 5.24. The van der Waals surface area contributed by atoms with Crippen molar-refractivity contribution in [1.82, 2.24) is 4.98 Å². The van der Waals surface area contributed by atoms with Gasteiger partial charge in [0.05, 0.1) is 16.9 Å². The lowest BCUT2D eigenvalue weighted by Crippen LogP contribution is -2.27. The molecule has 19 heavy (non-hydrogen) atoms. The number of hydrogen-bond acceptors (Lipinski definition) is 3. The molecule has 0 radical (unpaired) electrons. The Labute approximate surface area is 112 Å². The fourth-order valence-electron chi connectivity index (χ4n) is 1.09. The summed E-state index contributed by atoms with van der Waals surface area (Å²) in [5.74, 6) is 0. The molecular weight excluding hydrogens is 285 g/mol. The number of rotatable bonds is 1. The second-order valence-corrected chi connectivity index (χ2v) is 5.08. The third-order valence-electron chi connectivity index (χ3n) is 1.78. The zero-order valence-electron chi connectivity index (χ0n) is 10.4. The first-order valence-corrected chi connectivity index (χ1v) is 5.59. The fourth-order valence-corrected chi connectivity index (χ4v) is 1.29. The molecule has 4 nitrogen and oxygen atoms in total. The molecule has 0 saturated carbocycles. The van der Waals surface area contributed by atoms with E-state index in [1.54, 1.807) is 20.8 Å². The van der Waals surface area contributed by atoms with Crippen LogP contribution >= 0.6 is 11.6 Å². The van der Waals surface area contributed by atoms with Gasteiger partial charge in [-0.2, -0.15) is 13.2 Å². The Hall–Kier alpha value is -1.50. The van der Waals surface area contributed by atoms with E-state index in [0.29, 0.717) is 6.07 Å². The Morgan fingerprint density at radius 2 is 1.95 bits per heavy atom. The molecule has 8 heteroatoms. The van der Waals surface area contributed by atoms with Gasteiger partial charge in [-0.15, -0.1) is 0 Å². The minimum atomic E-state index is -4.59. The molecular formula is C11H12ClF3N2O2. The van der Waals surface area contributed by atoms with Crippen molar-refractivity contribution in [2.75, 3.05) is 5.32 Å². The number of alkyl halides is 3. The Balaban J connectivity index is 2.84. The van der Waals surface area contributed by atoms with Crippen molar-refractivity contribution in [1.29, 1.82) is 0 Å². The number of carbonyl (C=O) groups is 1. The molecule has 0 saturated heterocycles. The molecule has 0 unspecified atom stereocenters. The summed E-state index contributed by atoms with van der Waals surface area (Å²) in [6.07, 6.45) is -4.58. The lowest BCUT2D eigenvalue weighted by Gasteiger charge is -2.20. The van der Waals surface area contributed by atoms with Gasteiger partial charge in [0.25, 0.3) is 0 Å². The maximum absolute atomic E-state index is 12.4. The highest BCUT2D eigenvalue weighted by Gasteiger charge is 2.33. The number of hydrogen-bond donors (Lipinski definition) is 1. The Bertz CT molecular complexity index is 484. The van der Waals surface area contributed by atoms with E-state index in [1.165, 1.54) is 0 Å². The predicted molar refractivity (Wildman–Crippen MR) is 64.1 cm³/mol. The molecule has 0 aliphatic heterocycles. The monoisotopic (exact) mass is 296 g/mol. The van der Waals surface area contributed by atoms with Crippen molar-refractivity contribution < 1.29 is 22.7 Å². The lowest BCUT2D eigenvalue weighted by molar-refractivity contribution is -0.141. The molecule has 106 valence electrons. The predicted octanol–water partition coefficient (Wildman–Crippen LogP) is 4.10. The standard InChI is InChI=1S/C11H12ClF3N2O2/c1-10(2,3)19-9(18)17-7-5-16-8(4-6(7)12)11(13,14)15/h4-5H,1-3H3,(H,17,18). The number of aromatic nitrogens is 1. The highest BCUT2D eigenvalue weighted by atomic mass is 35.5. The van der Waals surface area contributed by atoms with E-state index in [1.807, 2.05) is 0 Å². The van der Waals surface area contributed by atoms with Gasteiger partial charge in [-0.05, 0) is 26.8 Å².